The van der Waals surface area contributed by atoms with Crippen molar-refractivity contribution in [3.05, 3.63) is 59.4 Å². The summed E-state index contributed by atoms with van der Waals surface area (Å²) in [6.07, 6.45) is 1.74. The van der Waals surface area contributed by atoms with Crippen LogP contribution >= 0.6 is 0 Å². The lowest BCUT2D eigenvalue weighted by Gasteiger charge is -2.11. The highest BCUT2D eigenvalue weighted by atomic mass is 16.5. The van der Waals surface area contributed by atoms with E-state index in [0.717, 1.165) is 22.5 Å². The van der Waals surface area contributed by atoms with E-state index in [1.54, 1.807) is 23.0 Å². The summed E-state index contributed by atoms with van der Waals surface area (Å²) < 4.78 is 7.66. The number of pyridine rings is 1. The minimum Gasteiger partial charge on any atom is -0.439 e. The maximum absolute atomic E-state index is 9.16. The van der Waals surface area contributed by atoms with Crippen LogP contribution in [-0.4, -0.2) is 14.8 Å². The largest absolute Gasteiger partial charge is 0.439 e. The topological polar surface area (TPSA) is 89.7 Å². The average Bonchev–Trinajstić information content (AvgIpc) is 2.92. The molecule has 0 fully saturated rings. The van der Waals surface area contributed by atoms with Gasteiger partial charge in [-0.1, -0.05) is 6.07 Å². The van der Waals surface area contributed by atoms with Gasteiger partial charge >= 0.3 is 0 Å². The Morgan fingerprint density at radius 2 is 2.08 bits per heavy atom. The van der Waals surface area contributed by atoms with E-state index in [-0.39, 0.29) is 0 Å². The molecule has 0 amide bonds. The molecule has 0 radical (unpaired) electrons. The molecule has 3 rings (SSSR count). The van der Waals surface area contributed by atoms with E-state index < -0.39 is 0 Å². The van der Waals surface area contributed by atoms with Crippen molar-refractivity contribution in [3.63, 3.8) is 0 Å². The summed E-state index contributed by atoms with van der Waals surface area (Å²) in [6.45, 7) is 2.34. The van der Waals surface area contributed by atoms with Crippen LogP contribution in [0.5, 0.6) is 11.6 Å². The van der Waals surface area contributed by atoms with Crippen LogP contribution in [0.4, 0.5) is 0 Å². The maximum Gasteiger partial charge on any atom is 0.217 e. The van der Waals surface area contributed by atoms with E-state index >= 15 is 0 Å². The van der Waals surface area contributed by atoms with E-state index in [4.69, 9.17) is 15.7 Å². The van der Waals surface area contributed by atoms with Gasteiger partial charge in [0.1, 0.15) is 5.75 Å². The molecule has 120 valence electrons. The molecule has 2 heterocycles. The molecule has 0 bridgehead atoms. The number of nitrogens with two attached hydrogens (primary N) is 1. The highest BCUT2D eigenvalue weighted by Crippen LogP contribution is 2.33. The molecule has 6 heteroatoms. The molecule has 0 aliphatic heterocycles. The number of aryl methyl sites for hydroxylation is 2. The SMILES string of the molecule is Cc1cc(Oc2cc(C#N)ccc2-c2ccc(CN)cn2)n(C)n1. The van der Waals surface area contributed by atoms with Crippen molar-refractivity contribution in [1.29, 1.82) is 5.26 Å². The number of benzene rings is 1. The molecule has 0 spiro atoms. The van der Waals surface area contributed by atoms with Crippen LogP contribution in [0.15, 0.2) is 42.6 Å². The zero-order chi connectivity index (χ0) is 17.1. The first-order valence-corrected chi connectivity index (χ1v) is 7.48. The number of ether oxygens (including phenoxy) is 1. The number of rotatable bonds is 4. The third-order valence-corrected chi connectivity index (χ3v) is 3.62. The molecule has 1 aromatic carbocycles. The molecule has 2 aromatic heterocycles. The predicted molar refractivity (Wildman–Crippen MR) is 90.3 cm³/mol. The molecule has 2 N–H and O–H groups in total. The van der Waals surface area contributed by atoms with Crippen molar-refractivity contribution in [1.82, 2.24) is 14.8 Å². The Labute approximate surface area is 140 Å². The molecule has 6 nitrogen and oxygen atoms in total. The zero-order valence-electron chi connectivity index (χ0n) is 13.5. The number of hydrogen-bond donors (Lipinski definition) is 1. The van der Waals surface area contributed by atoms with E-state index in [1.807, 2.05) is 38.2 Å². The Balaban J connectivity index is 2.05. The van der Waals surface area contributed by atoms with Crippen molar-refractivity contribution in [2.45, 2.75) is 13.5 Å². The molecule has 24 heavy (non-hydrogen) atoms. The smallest absolute Gasteiger partial charge is 0.217 e. The lowest BCUT2D eigenvalue weighted by Crippen LogP contribution is -1.99. The van der Waals surface area contributed by atoms with Gasteiger partial charge in [0.05, 0.1) is 23.0 Å². The fraction of sp³-hybridized carbons (Fsp3) is 0.167. The van der Waals surface area contributed by atoms with Crippen molar-refractivity contribution >= 4 is 0 Å². The Morgan fingerprint density at radius 3 is 2.67 bits per heavy atom. The van der Waals surface area contributed by atoms with Gasteiger partial charge in [-0.15, -0.1) is 0 Å². The first kappa shape index (κ1) is 15.7. The molecular weight excluding hydrogens is 302 g/mol. The van der Waals surface area contributed by atoms with Crippen LogP contribution in [0, 0.1) is 18.3 Å². The van der Waals surface area contributed by atoms with Crippen molar-refractivity contribution < 1.29 is 4.74 Å². The first-order chi connectivity index (χ1) is 11.6. The summed E-state index contributed by atoms with van der Waals surface area (Å²) in [6, 6.07) is 13.1. The fourth-order valence-electron chi connectivity index (χ4n) is 2.39. The number of nitrogens with zero attached hydrogens (tertiary/aromatic N) is 4. The third kappa shape index (κ3) is 3.12. The van der Waals surface area contributed by atoms with E-state index in [9.17, 15) is 0 Å². The van der Waals surface area contributed by atoms with Crippen LogP contribution in [-0.2, 0) is 13.6 Å². The van der Waals surface area contributed by atoms with Crippen LogP contribution in [0.2, 0.25) is 0 Å². The monoisotopic (exact) mass is 319 g/mol. The van der Waals surface area contributed by atoms with Crippen LogP contribution < -0.4 is 10.5 Å². The van der Waals surface area contributed by atoms with Crippen LogP contribution in [0.3, 0.4) is 0 Å². The van der Waals surface area contributed by atoms with E-state index in [0.29, 0.717) is 23.7 Å². The second-order valence-corrected chi connectivity index (χ2v) is 5.43. The lowest BCUT2D eigenvalue weighted by atomic mass is 10.1. The summed E-state index contributed by atoms with van der Waals surface area (Å²) in [5.41, 5.74) is 9.51. The summed E-state index contributed by atoms with van der Waals surface area (Å²) >= 11 is 0. The van der Waals surface area contributed by atoms with Gasteiger partial charge in [0.15, 0.2) is 0 Å². The van der Waals surface area contributed by atoms with Gasteiger partial charge in [0.2, 0.25) is 5.88 Å². The molecule has 3 aromatic rings. The molecule has 0 unspecified atom stereocenters. The number of aromatic nitrogens is 3. The van der Waals surface area contributed by atoms with E-state index in [1.165, 1.54) is 0 Å². The van der Waals surface area contributed by atoms with Gasteiger partial charge in [-0.25, -0.2) is 4.68 Å². The predicted octanol–water partition coefficient (Wildman–Crippen LogP) is 2.91. The second kappa shape index (κ2) is 6.52. The van der Waals surface area contributed by atoms with Crippen molar-refractivity contribution in [3.8, 4) is 29.0 Å². The standard InChI is InChI=1S/C18H17N5O/c1-12-7-18(23(2)22-12)24-17-8-13(9-19)3-5-15(17)16-6-4-14(10-20)11-21-16/h3-8,11H,10,20H2,1-2H3. The number of nitriles is 1. The Bertz CT molecular complexity index is 906. The zero-order valence-corrected chi connectivity index (χ0v) is 13.5. The Morgan fingerprint density at radius 1 is 1.25 bits per heavy atom. The Hall–Kier alpha value is -3.17. The van der Waals surface area contributed by atoms with Crippen molar-refractivity contribution in [2.24, 2.45) is 12.8 Å². The van der Waals surface area contributed by atoms with Crippen molar-refractivity contribution in [2.75, 3.05) is 0 Å². The fourth-order valence-corrected chi connectivity index (χ4v) is 2.39. The molecule has 0 saturated heterocycles. The van der Waals surface area contributed by atoms with E-state index in [2.05, 4.69) is 16.2 Å². The summed E-state index contributed by atoms with van der Waals surface area (Å²) in [4.78, 5) is 4.44. The summed E-state index contributed by atoms with van der Waals surface area (Å²) in [5.74, 6) is 1.16. The van der Waals surface area contributed by atoms with Crippen LogP contribution in [0.25, 0.3) is 11.3 Å². The van der Waals surface area contributed by atoms with Gasteiger partial charge in [0, 0.05) is 31.4 Å². The molecular formula is C18H17N5O. The highest BCUT2D eigenvalue weighted by molar-refractivity contribution is 5.69. The summed E-state index contributed by atoms with van der Waals surface area (Å²) in [5, 5.41) is 13.4. The number of hydrogen-bond acceptors (Lipinski definition) is 5. The average molecular weight is 319 g/mol. The van der Waals surface area contributed by atoms with Gasteiger partial charge in [-0.3, -0.25) is 4.98 Å². The third-order valence-electron chi connectivity index (χ3n) is 3.62. The maximum atomic E-state index is 9.16. The lowest BCUT2D eigenvalue weighted by molar-refractivity contribution is 0.432. The van der Waals surface area contributed by atoms with Gasteiger partial charge in [-0.05, 0) is 36.8 Å². The molecule has 0 atom stereocenters. The quantitative estimate of drug-likeness (QED) is 0.798. The summed E-state index contributed by atoms with van der Waals surface area (Å²) in [7, 11) is 1.81. The highest BCUT2D eigenvalue weighted by Gasteiger charge is 2.12. The molecule has 0 saturated carbocycles. The molecule has 0 aliphatic carbocycles. The first-order valence-electron chi connectivity index (χ1n) is 7.48. The van der Waals surface area contributed by atoms with Gasteiger partial charge in [0.25, 0.3) is 0 Å². The van der Waals surface area contributed by atoms with Gasteiger partial charge in [-0.2, -0.15) is 10.4 Å². The Kier molecular flexibility index (Phi) is 4.27. The van der Waals surface area contributed by atoms with Crippen LogP contribution in [0.1, 0.15) is 16.8 Å². The minimum absolute atomic E-state index is 0.443. The second-order valence-electron chi connectivity index (χ2n) is 5.43. The van der Waals surface area contributed by atoms with Gasteiger partial charge < -0.3 is 10.5 Å². The molecule has 0 aliphatic rings. The minimum atomic E-state index is 0.443. The normalized spacial score (nSPS) is 10.4.